The smallest absolute Gasteiger partial charge is 0.326 e. The minimum atomic E-state index is -1.29. The summed E-state index contributed by atoms with van der Waals surface area (Å²) in [5, 5.41) is 16.7. The van der Waals surface area contributed by atoms with Gasteiger partial charge in [0.1, 0.15) is 18.1 Å². The van der Waals surface area contributed by atoms with Crippen LogP contribution in [0.4, 0.5) is 0 Å². The van der Waals surface area contributed by atoms with Crippen molar-refractivity contribution in [1.29, 1.82) is 0 Å². The number of primary amides is 1. The van der Waals surface area contributed by atoms with E-state index < -0.39 is 53.8 Å². The number of carboxylic acid groups (broad SMARTS) is 1. The van der Waals surface area contributed by atoms with Gasteiger partial charge in [-0.05, 0) is 32.1 Å². The number of aliphatic imine (C=N–C) groups is 2. The lowest BCUT2D eigenvalue weighted by Gasteiger charge is -2.24. The zero-order chi connectivity index (χ0) is 29.3. The van der Waals surface area contributed by atoms with Gasteiger partial charge in [-0.25, -0.2) is 4.79 Å². The largest absolute Gasteiger partial charge is 0.480 e. The summed E-state index contributed by atoms with van der Waals surface area (Å²) in [6.45, 7) is 0.323. The van der Waals surface area contributed by atoms with E-state index in [-0.39, 0.29) is 69.3 Å². The van der Waals surface area contributed by atoms with Crippen molar-refractivity contribution in [3.05, 3.63) is 0 Å². The van der Waals surface area contributed by atoms with Crippen molar-refractivity contribution in [2.75, 3.05) is 18.8 Å². The summed E-state index contributed by atoms with van der Waals surface area (Å²) in [4.78, 5) is 68.2. The maximum atomic E-state index is 13.0. The third-order valence-corrected chi connectivity index (χ3v) is 5.36. The number of rotatable bonds is 19. The quantitative estimate of drug-likeness (QED) is 0.0307. The van der Waals surface area contributed by atoms with Gasteiger partial charge in [-0.1, -0.05) is 0 Å². The zero-order valence-corrected chi connectivity index (χ0v) is 21.9. The van der Waals surface area contributed by atoms with Gasteiger partial charge < -0.3 is 55.5 Å². The van der Waals surface area contributed by atoms with E-state index in [0.717, 1.165) is 0 Å². The summed E-state index contributed by atoms with van der Waals surface area (Å²) < 4.78 is 0. The molecule has 0 heterocycles. The minimum Gasteiger partial charge on any atom is -0.480 e. The lowest BCUT2D eigenvalue weighted by Crippen LogP contribution is -2.57. The molecule has 16 N–H and O–H groups in total. The van der Waals surface area contributed by atoms with Crippen LogP contribution in [0.25, 0.3) is 0 Å². The van der Waals surface area contributed by atoms with E-state index in [4.69, 9.17) is 34.4 Å². The fourth-order valence-corrected chi connectivity index (χ4v) is 3.24. The number of hydrogen-bond donors (Lipinski definition) is 11. The van der Waals surface area contributed by atoms with Crippen LogP contribution in [0.5, 0.6) is 0 Å². The number of guanidine groups is 2. The topological polar surface area (TPSA) is 323 Å². The molecule has 18 heteroatoms. The Morgan fingerprint density at radius 3 is 1.61 bits per heavy atom. The standard InChI is InChI=1S/C20H39N11O6S/c21-10(5-6-14(22)32)15(33)29-11(3-1-7-27-19(23)24)16(34)31-13(9-38)17(35)30-12(18(36)37)4-2-8-28-20(25)26/h10-13,38H,1-9,21H2,(H2,22,32)(H,29,33)(H,30,35)(H,31,34)(H,36,37)(H4,23,24,27)(H4,25,26,28). The van der Waals surface area contributed by atoms with Crippen LogP contribution in [-0.2, 0) is 24.0 Å². The third kappa shape index (κ3) is 15.3. The molecule has 0 aromatic rings. The molecule has 0 aliphatic rings. The molecule has 0 aliphatic carbocycles. The molecule has 0 aromatic carbocycles. The third-order valence-electron chi connectivity index (χ3n) is 4.99. The predicted octanol–water partition coefficient (Wildman–Crippen LogP) is -4.84. The highest BCUT2D eigenvalue weighted by Crippen LogP contribution is 2.04. The van der Waals surface area contributed by atoms with Crippen molar-refractivity contribution in [3.8, 4) is 0 Å². The first kappa shape index (κ1) is 34.2. The number of nitrogens with two attached hydrogens (primary N) is 6. The zero-order valence-electron chi connectivity index (χ0n) is 21.0. The van der Waals surface area contributed by atoms with Gasteiger partial charge in [-0.2, -0.15) is 12.6 Å². The van der Waals surface area contributed by atoms with E-state index in [1.165, 1.54) is 0 Å². The summed E-state index contributed by atoms with van der Waals surface area (Å²) >= 11 is 4.07. The van der Waals surface area contributed by atoms with Crippen LogP contribution in [0, 0.1) is 0 Å². The van der Waals surface area contributed by atoms with E-state index in [2.05, 4.69) is 38.6 Å². The van der Waals surface area contributed by atoms with Crippen molar-refractivity contribution in [2.45, 2.75) is 62.7 Å². The van der Waals surface area contributed by atoms with Crippen LogP contribution in [0.2, 0.25) is 0 Å². The Hall–Kier alpha value is -3.80. The summed E-state index contributed by atoms with van der Waals surface area (Å²) in [5.74, 6) is -4.67. The second-order valence-corrected chi connectivity index (χ2v) is 8.58. The normalized spacial score (nSPS) is 13.6. The van der Waals surface area contributed by atoms with Crippen LogP contribution < -0.4 is 50.4 Å². The molecule has 0 saturated heterocycles. The number of amides is 4. The molecule has 4 unspecified atom stereocenters. The van der Waals surface area contributed by atoms with Gasteiger partial charge in [0.15, 0.2) is 11.9 Å². The molecule has 38 heavy (non-hydrogen) atoms. The Kier molecular flexibility index (Phi) is 16.6. The number of carbonyl (C=O) groups is 5. The van der Waals surface area contributed by atoms with Crippen molar-refractivity contribution in [1.82, 2.24) is 16.0 Å². The number of nitrogens with one attached hydrogen (secondary N) is 3. The molecule has 4 atom stereocenters. The number of hydrogen-bond acceptors (Lipinski definition) is 9. The molecule has 0 aliphatic heterocycles. The van der Waals surface area contributed by atoms with E-state index in [0.29, 0.717) is 0 Å². The van der Waals surface area contributed by atoms with E-state index >= 15 is 0 Å². The first-order valence-electron chi connectivity index (χ1n) is 11.7. The second kappa shape index (κ2) is 18.4. The Morgan fingerprint density at radius 2 is 1.16 bits per heavy atom. The molecule has 0 rings (SSSR count). The number of aliphatic carboxylic acids is 1. The molecule has 0 aromatic heterocycles. The lowest BCUT2D eigenvalue weighted by molar-refractivity contribution is -0.142. The Morgan fingerprint density at radius 1 is 0.711 bits per heavy atom. The van der Waals surface area contributed by atoms with Crippen LogP contribution >= 0.6 is 12.6 Å². The monoisotopic (exact) mass is 561 g/mol. The highest BCUT2D eigenvalue weighted by Gasteiger charge is 2.29. The summed E-state index contributed by atoms with van der Waals surface area (Å²) in [5.41, 5.74) is 31.9. The average molecular weight is 562 g/mol. The Bertz CT molecular complexity index is 878. The summed E-state index contributed by atoms with van der Waals surface area (Å²) in [7, 11) is 0. The number of thiol groups is 1. The van der Waals surface area contributed by atoms with Gasteiger partial charge in [-0.3, -0.25) is 29.2 Å². The van der Waals surface area contributed by atoms with Gasteiger partial charge in [0.2, 0.25) is 23.6 Å². The molecule has 0 fully saturated rings. The fraction of sp³-hybridized carbons (Fsp3) is 0.650. The van der Waals surface area contributed by atoms with E-state index in [1.807, 2.05) is 0 Å². The molecule has 0 saturated carbocycles. The molecule has 17 nitrogen and oxygen atoms in total. The Labute approximate surface area is 225 Å². The molecule has 0 bridgehead atoms. The molecule has 0 spiro atoms. The predicted molar refractivity (Wildman–Crippen MR) is 144 cm³/mol. The van der Waals surface area contributed by atoms with Gasteiger partial charge in [0, 0.05) is 25.3 Å². The number of carbonyl (C=O) groups excluding carboxylic acids is 4. The van der Waals surface area contributed by atoms with Crippen LogP contribution in [0.1, 0.15) is 38.5 Å². The first-order valence-corrected chi connectivity index (χ1v) is 12.3. The average Bonchev–Trinajstić information content (AvgIpc) is 2.83. The van der Waals surface area contributed by atoms with Crippen LogP contribution in [0.3, 0.4) is 0 Å². The molecular weight excluding hydrogens is 522 g/mol. The maximum Gasteiger partial charge on any atom is 0.326 e. The van der Waals surface area contributed by atoms with Gasteiger partial charge in [0.05, 0.1) is 6.04 Å². The van der Waals surface area contributed by atoms with Crippen molar-refractivity contribution >= 4 is 54.1 Å². The van der Waals surface area contributed by atoms with Crippen molar-refractivity contribution in [2.24, 2.45) is 44.4 Å². The fourth-order valence-electron chi connectivity index (χ4n) is 2.98. The SMILES string of the molecule is NC(=O)CCC(N)C(=O)NC(CCCN=C(N)N)C(=O)NC(CS)C(=O)NC(CCCN=C(N)N)C(=O)O. The number of nitrogens with zero attached hydrogens (tertiary/aromatic N) is 2. The van der Waals surface area contributed by atoms with Gasteiger partial charge >= 0.3 is 5.97 Å². The van der Waals surface area contributed by atoms with E-state index in [1.54, 1.807) is 0 Å². The summed E-state index contributed by atoms with van der Waals surface area (Å²) in [6, 6.07) is -4.77. The van der Waals surface area contributed by atoms with Crippen molar-refractivity contribution in [3.63, 3.8) is 0 Å². The Balaban J connectivity index is 5.34. The highest BCUT2D eigenvalue weighted by molar-refractivity contribution is 7.80. The summed E-state index contributed by atoms with van der Waals surface area (Å²) in [6.07, 6.45) is 0.478. The van der Waals surface area contributed by atoms with Crippen LogP contribution in [-0.4, -0.2) is 89.6 Å². The van der Waals surface area contributed by atoms with Crippen LogP contribution in [0.15, 0.2) is 9.98 Å². The maximum absolute atomic E-state index is 13.0. The van der Waals surface area contributed by atoms with Crippen molar-refractivity contribution < 1.29 is 29.1 Å². The molecule has 4 amide bonds. The second-order valence-electron chi connectivity index (χ2n) is 8.21. The lowest BCUT2D eigenvalue weighted by atomic mass is 10.1. The highest BCUT2D eigenvalue weighted by atomic mass is 32.1. The van der Waals surface area contributed by atoms with E-state index in [9.17, 15) is 29.1 Å². The minimum absolute atomic E-state index is 0.0256. The van der Waals surface area contributed by atoms with Gasteiger partial charge in [-0.15, -0.1) is 0 Å². The molecular formula is C20H39N11O6S. The van der Waals surface area contributed by atoms with Gasteiger partial charge in [0.25, 0.3) is 0 Å². The molecule has 216 valence electrons. The number of carboxylic acids is 1. The molecule has 0 radical (unpaired) electrons. The first-order chi connectivity index (χ1) is 17.8.